The van der Waals surface area contributed by atoms with Crippen molar-refractivity contribution >= 4 is 34.5 Å². The van der Waals surface area contributed by atoms with E-state index in [2.05, 4.69) is 27.8 Å². The van der Waals surface area contributed by atoms with Gasteiger partial charge in [0, 0.05) is 48.7 Å². The van der Waals surface area contributed by atoms with E-state index in [4.69, 9.17) is 40.5 Å². The number of aromatic nitrogens is 3. The highest BCUT2D eigenvalue weighted by atomic mass is 35.5. The fraction of sp³-hybridized carbons (Fsp3) is 0.733. The highest BCUT2D eigenvalue weighted by Crippen LogP contribution is 2.49. The second kappa shape index (κ2) is 11.7. The minimum Gasteiger partial charge on any atom is -0.462 e. The topological polar surface area (TPSA) is 123 Å². The van der Waals surface area contributed by atoms with Crippen molar-refractivity contribution in [1.29, 1.82) is 0 Å². The summed E-state index contributed by atoms with van der Waals surface area (Å²) < 4.78 is 40.1. The van der Waals surface area contributed by atoms with E-state index < -0.39 is 18.1 Å². The molecule has 2 N–H and O–H groups in total. The van der Waals surface area contributed by atoms with Crippen LogP contribution in [-0.4, -0.2) is 109 Å². The normalized spacial score (nSPS) is 37.2. The number of anilines is 1. The summed E-state index contributed by atoms with van der Waals surface area (Å²) in [7, 11) is 2.14. The number of hydrogen-bond acceptors (Lipinski definition) is 12. The van der Waals surface area contributed by atoms with Gasteiger partial charge < -0.3 is 23.8 Å². The number of halogens is 2. The molecule has 2 aromatic heterocycles. The lowest BCUT2D eigenvalue weighted by atomic mass is 9.66. The van der Waals surface area contributed by atoms with Gasteiger partial charge in [-0.2, -0.15) is 9.97 Å². The molecule has 5 unspecified atom stereocenters. The Balaban J connectivity index is 1.23. The largest absolute Gasteiger partial charge is 0.508 e. The molecule has 44 heavy (non-hydrogen) atoms. The van der Waals surface area contributed by atoms with Crippen molar-refractivity contribution in [2.24, 2.45) is 17.8 Å². The van der Waals surface area contributed by atoms with E-state index in [1.165, 1.54) is 6.42 Å². The molecular weight excluding hydrogens is 593 g/mol. The highest BCUT2D eigenvalue weighted by Gasteiger charge is 2.50. The van der Waals surface area contributed by atoms with E-state index in [-0.39, 0.29) is 60.0 Å². The Hall–Kier alpha value is -2.58. The van der Waals surface area contributed by atoms with E-state index >= 15 is 4.39 Å². The number of nitrogens with one attached hydrogen (secondary N) is 2. The number of hydrogen-bond donors (Lipinski definition) is 2. The number of hydrazine groups is 1. The van der Waals surface area contributed by atoms with Crippen LogP contribution >= 0.6 is 11.6 Å². The van der Waals surface area contributed by atoms with Crippen molar-refractivity contribution in [3.05, 3.63) is 17.7 Å². The van der Waals surface area contributed by atoms with Gasteiger partial charge in [0.05, 0.1) is 37.4 Å². The Bertz CT molecular complexity index is 1420. The number of likely N-dealkylation sites (N-methyl/N-ethyl adjacent to an activating group) is 1. The molecule has 0 aromatic carbocycles. The maximum atomic E-state index is 17.0. The molecule has 12 nitrogen and oxygen atoms in total. The van der Waals surface area contributed by atoms with Crippen molar-refractivity contribution < 1.29 is 28.1 Å². The first kappa shape index (κ1) is 28.9. The maximum absolute atomic E-state index is 17.0. The summed E-state index contributed by atoms with van der Waals surface area (Å²) >= 11 is 7.01. The van der Waals surface area contributed by atoms with Crippen molar-refractivity contribution in [3.63, 3.8) is 0 Å². The van der Waals surface area contributed by atoms with Crippen LogP contribution in [0.15, 0.2) is 6.20 Å². The van der Waals surface area contributed by atoms with Gasteiger partial charge in [0.15, 0.2) is 5.82 Å². The first-order valence-corrected chi connectivity index (χ1v) is 16.4. The third-order valence-corrected chi connectivity index (χ3v) is 11.2. The molecular formula is C30H39ClFN7O5. The van der Waals surface area contributed by atoms with Gasteiger partial charge in [0.2, 0.25) is 0 Å². The van der Waals surface area contributed by atoms with E-state index in [1.807, 2.05) is 4.90 Å². The molecule has 5 fully saturated rings. The molecule has 7 heterocycles. The van der Waals surface area contributed by atoms with Crippen LogP contribution in [-0.2, 0) is 14.2 Å². The van der Waals surface area contributed by atoms with Crippen molar-refractivity contribution in [3.8, 4) is 6.01 Å². The summed E-state index contributed by atoms with van der Waals surface area (Å²) in [6.45, 7) is 2.62. The monoisotopic (exact) mass is 631 g/mol. The van der Waals surface area contributed by atoms with Gasteiger partial charge in [-0.25, -0.2) is 9.18 Å². The molecule has 7 aliphatic rings. The molecule has 2 aliphatic carbocycles. The first-order chi connectivity index (χ1) is 21.4. The van der Waals surface area contributed by atoms with E-state index in [9.17, 15) is 4.79 Å². The summed E-state index contributed by atoms with van der Waals surface area (Å²) in [4.78, 5) is 31.3. The van der Waals surface area contributed by atoms with Crippen LogP contribution in [0.5, 0.6) is 6.01 Å². The van der Waals surface area contributed by atoms with Gasteiger partial charge in [-0.05, 0) is 56.9 Å². The average molecular weight is 632 g/mol. The summed E-state index contributed by atoms with van der Waals surface area (Å²) in [5.41, 5.74) is 7.13. The van der Waals surface area contributed by atoms with Crippen LogP contribution in [0.3, 0.4) is 0 Å². The SMILES string of the molecule is CN1[C@H](COc2nc3c4cnc(c(F)c4n2)C2C(CCCOC(=O)O[C@@H]4COCCN3C4)C(Cl)CC3NNCC32)C[C@@H]2C[C@@H]21. The first-order valence-electron chi connectivity index (χ1n) is 15.9. The fourth-order valence-corrected chi connectivity index (χ4v) is 8.76. The molecule has 0 amide bonds. The third kappa shape index (κ3) is 5.24. The Morgan fingerprint density at radius 3 is 2.98 bits per heavy atom. The van der Waals surface area contributed by atoms with Crippen LogP contribution < -0.4 is 20.5 Å². The zero-order chi connectivity index (χ0) is 29.9. The average Bonchev–Trinajstić information content (AvgIpc) is 3.60. The standard InChI is InChI=1S/C30H39ClFN7O5/c1-38-16(7-15-8-23(15)38)13-43-29-35-26-20-10-33-27(25(26)32)24-18(21(31)9-22-19(24)11-34-37-22)3-2-5-42-30(40)44-17-12-39(28(20)36-29)4-6-41-14-17/h10,15-19,21-24,34,37H,2-9,11-14H2,1H3/t15-,16+,17+,18?,19?,21?,22?,23+,24?/m1/s1. The molecule has 5 aliphatic heterocycles. The predicted octanol–water partition coefficient (Wildman–Crippen LogP) is 2.59. The zero-order valence-electron chi connectivity index (χ0n) is 24.8. The van der Waals surface area contributed by atoms with Gasteiger partial charge >= 0.3 is 12.2 Å². The van der Waals surface area contributed by atoms with E-state index in [0.29, 0.717) is 68.6 Å². The second-order valence-corrected chi connectivity index (χ2v) is 13.8. The summed E-state index contributed by atoms with van der Waals surface area (Å²) in [6, 6.07) is 1.12. The molecule has 3 saturated heterocycles. The Labute approximate surface area is 260 Å². The maximum Gasteiger partial charge on any atom is 0.508 e. The van der Waals surface area contributed by atoms with Gasteiger partial charge in [0.1, 0.15) is 24.0 Å². The molecule has 14 heteroatoms. The number of nitrogens with zero attached hydrogens (tertiary/aromatic N) is 5. The summed E-state index contributed by atoms with van der Waals surface area (Å²) in [5, 5.41) is 0.263. The second-order valence-electron chi connectivity index (χ2n) is 13.2. The summed E-state index contributed by atoms with van der Waals surface area (Å²) in [5.74, 6) is 0.497. The van der Waals surface area contributed by atoms with Crippen molar-refractivity contribution in [2.45, 2.75) is 67.6 Å². The number of piperidine rings is 1. The number of rotatable bonds is 3. The van der Waals surface area contributed by atoms with Crippen LogP contribution in [0.25, 0.3) is 10.9 Å². The third-order valence-electron chi connectivity index (χ3n) is 10.7. The highest BCUT2D eigenvalue weighted by molar-refractivity contribution is 6.21. The molecule has 0 radical (unpaired) electrons. The molecule has 2 saturated carbocycles. The molecule has 0 spiro atoms. The predicted molar refractivity (Wildman–Crippen MR) is 158 cm³/mol. The van der Waals surface area contributed by atoms with E-state index in [0.717, 1.165) is 18.8 Å². The van der Waals surface area contributed by atoms with Crippen LogP contribution in [0, 0.1) is 23.6 Å². The molecule has 9 atom stereocenters. The van der Waals surface area contributed by atoms with Crippen LogP contribution in [0.4, 0.5) is 15.0 Å². The molecule has 9 rings (SSSR count). The quantitative estimate of drug-likeness (QED) is 0.382. The van der Waals surface area contributed by atoms with Crippen molar-refractivity contribution in [2.75, 3.05) is 58.0 Å². The lowest BCUT2D eigenvalue weighted by molar-refractivity contribution is -0.00530. The zero-order valence-corrected chi connectivity index (χ0v) is 25.5. The number of alkyl halides is 1. The molecule has 238 valence electrons. The van der Waals surface area contributed by atoms with Gasteiger partial charge in [-0.15, -0.1) is 11.6 Å². The Morgan fingerprint density at radius 1 is 1.20 bits per heavy atom. The number of likely N-dealkylation sites (tertiary alicyclic amines) is 1. The smallest absolute Gasteiger partial charge is 0.462 e. The number of pyridine rings is 1. The Kier molecular flexibility index (Phi) is 7.64. The van der Waals surface area contributed by atoms with E-state index in [1.54, 1.807) is 6.20 Å². The summed E-state index contributed by atoms with van der Waals surface area (Å²) in [6.07, 6.45) is 4.65. The Morgan fingerprint density at radius 2 is 2.11 bits per heavy atom. The minimum absolute atomic E-state index is 0.0762. The van der Waals surface area contributed by atoms with Gasteiger partial charge in [0.25, 0.3) is 0 Å². The lowest BCUT2D eigenvalue weighted by Gasteiger charge is -2.42. The minimum atomic E-state index is -0.731. The number of ether oxygens (including phenoxy) is 4. The molecule has 6 bridgehead atoms. The number of carbonyl (C=O) groups excluding carboxylic acids is 1. The van der Waals surface area contributed by atoms with Gasteiger partial charge in [-0.3, -0.25) is 20.7 Å². The molecule has 2 aromatic rings. The van der Waals surface area contributed by atoms with Crippen molar-refractivity contribution in [1.82, 2.24) is 30.7 Å². The lowest BCUT2D eigenvalue weighted by Crippen LogP contribution is -2.45. The number of fused-ring (bicyclic) bond motifs is 8. The van der Waals surface area contributed by atoms with Crippen LogP contribution in [0.1, 0.15) is 43.7 Å². The number of carbonyl (C=O) groups is 1. The van der Waals surface area contributed by atoms with Crippen LogP contribution in [0.2, 0.25) is 0 Å². The fourth-order valence-electron chi connectivity index (χ4n) is 8.28. The van der Waals surface area contributed by atoms with Gasteiger partial charge in [-0.1, -0.05) is 0 Å².